The van der Waals surface area contributed by atoms with Gasteiger partial charge in [-0.05, 0) is 61.7 Å². The lowest BCUT2D eigenvalue weighted by molar-refractivity contribution is -0.133. The Morgan fingerprint density at radius 1 is 1.28 bits per heavy atom. The molecule has 0 radical (unpaired) electrons. The molecule has 138 valence electrons. The number of carbonyl (C=O) groups is 1. The molecule has 4 heteroatoms. The largest absolute Gasteiger partial charge is 0.478 e. The maximum Gasteiger partial charge on any atom is 0.332 e. The molecule has 1 unspecified atom stereocenters. The van der Waals surface area contributed by atoms with Crippen LogP contribution in [0.1, 0.15) is 72.6 Å². The number of nitrogens with zero attached hydrogens (tertiary/aromatic N) is 1. The Morgan fingerprint density at radius 2 is 1.96 bits per heavy atom. The highest BCUT2D eigenvalue weighted by atomic mass is 16.6. The van der Waals surface area contributed by atoms with Crippen molar-refractivity contribution in [1.82, 2.24) is 0 Å². The summed E-state index contributed by atoms with van der Waals surface area (Å²) in [6.07, 6.45) is 6.74. The Kier molecular flexibility index (Phi) is 4.52. The molecule has 0 bridgehead atoms. The van der Waals surface area contributed by atoms with E-state index in [0.29, 0.717) is 17.3 Å². The van der Waals surface area contributed by atoms with Gasteiger partial charge in [-0.25, -0.2) is 4.79 Å². The minimum absolute atomic E-state index is 0.0205. The van der Waals surface area contributed by atoms with Gasteiger partial charge in [0.2, 0.25) is 0 Å². The average Bonchev–Trinajstić information content (AvgIpc) is 3.27. The molecule has 0 aromatic heterocycles. The molecule has 4 atom stereocenters. The van der Waals surface area contributed by atoms with E-state index in [1.165, 1.54) is 25.7 Å². The molecule has 1 aliphatic heterocycles. The monoisotopic (exact) mass is 345 g/mol. The van der Waals surface area contributed by atoms with Crippen LogP contribution in [0.2, 0.25) is 0 Å². The third-order valence-corrected chi connectivity index (χ3v) is 7.62. The summed E-state index contributed by atoms with van der Waals surface area (Å²) in [5.41, 5.74) is 1.62. The SMILES string of the molecule is CC(C[C@H]1[C@]2(CCC3C(C)(C)CCC[C@@]31C)CO2)=C(CC#N)C(=O)O. The minimum atomic E-state index is -0.952. The van der Waals surface area contributed by atoms with Gasteiger partial charge in [0.05, 0.1) is 24.7 Å². The summed E-state index contributed by atoms with van der Waals surface area (Å²) in [6, 6.07) is 2.01. The zero-order valence-corrected chi connectivity index (χ0v) is 16.0. The van der Waals surface area contributed by atoms with E-state index in [0.717, 1.165) is 25.0 Å². The molecule has 0 aromatic rings. The van der Waals surface area contributed by atoms with E-state index in [-0.39, 0.29) is 23.0 Å². The summed E-state index contributed by atoms with van der Waals surface area (Å²) in [7, 11) is 0. The Balaban J connectivity index is 1.96. The highest BCUT2D eigenvalue weighted by Gasteiger charge is 2.64. The Morgan fingerprint density at radius 3 is 2.52 bits per heavy atom. The van der Waals surface area contributed by atoms with E-state index >= 15 is 0 Å². The van der Waals surface area contributed by atoms with E-state index in [9.17, 15) is 9.90 Å². The van der Waals surface area contributed by atoms with Gasteiger partial charge in [0.15, 0.2) is 0 Å². The molecule has 2 aliphatic carbocycles. The molecule has 3 fully saturated rings. The van der Waals surface area contributed by atoms with Crippen LogP contribution >= 0.6 is 0 Å². The van der Waals surface area contributed by atoms with Gasteiger partial charge < -0.3 is 9.84 Å². The Labute approximate surface area is 151 Å². The number of ether oxygens (including phenoxy) is 1. The molecule has 3 rings (SSSR count). The van der Waals surface area contributed by atoms with E-state index in [1.54, 1.807) is 0 Å². The Hall–Kier alpha value is -1.34. The Bertz CT molecular complexity index is 638. The second kappa shape index (κ2) is 6.13. The number of hydrogen-bond acceptors (Lipinski definition) is 3. The summed E-state index contributed by atoms with van der Waals surface area (Å²) in [5, 5.41) is 18.5. The molecule has 1 heterocycles. The van der Waals surface area contributed by atoms with Gasteiger partial charge in [0.1, 0.15) is 0 Å². The fraction of sp³-hybridized carbons (Fsp3) is 0.810. The van der Waals surface area contributed by atoms with Crippen molar-refractivity contribution < 1.29 is 14.6 Å². The summed E-state index contributed by atoms with van der Waals surface area (Å²) < 4.78 is 6.00. The number of rotatable bonds is 4. The third kappa shape index (κ3) is 3.01. The maximum absolute atomic E-state index is 11.6. The van der Waals surface area contributed by atoms with Crippen LogP contribution in [-0.4, -0.2) is 23.3 Å². The molecule has 1 spiro atoms. The number of carboxylic acid groups (broad SMARTS) is 1. The first-order valence-corrected chi connectivity index (χ1v) is 9.59. The van der Waals surface area contributed by atoms with E-state index in [2.05, 4.69) is 20.8 Å². The van der Waals surface area contributed by atoms with Crippen LogP contribution in [0.25, 0.3) is 0 Å². The van der Waals surface area contributed by atoms with Crippen molar-refractivity contribution in [3.8, 4) is 6.07 Å². The van der Waals surface area contributed by atoms with Crippen LogP contribution < -0.4 is 0 Å². The van der Waals surface area contributed by atoms with Crippen LogP contribution in [0.15, 0.2) is 11.1 Å². The highest BCUT2D eigenvalue weighted by molar-refractivity contribution is 5.87. The summed E-state index contributed by atoms with van der Waals surface area (Å²) in [4.78, 5) is 11.6. The smallest absolute Gasteiger partial charge is 0.332 e. The van der Waals surface area contributed by atoms with Crippen LogP contribution in [0.5, 0.6) is 0 Å². The number of hydrogen-bond donors (Lipinski definition) is 1. The number of nitriles is 1. The zero-order chi connectivity index (χ0) is 18.5. The first-order chi connectivity index (χ1) is 11.7. The lowest BCUT2D eigenvalue weighted by Crippen LogP contribution is -2.54. The topological polar surface area (TPSA) is 73.6 Å². The quantitative estimate of drug-likeness (QED) is 0.592. The van der Waals surface area contributed by atoms with Gasteiger partial charge in [0.25, 0.3) is 0 Å². The number of carboxylic acids is 1. The minimum Gasteiger partial charge on any atom is -0.478 e. The van der Waals surface area contributed by atoms with Gasteiger partial charge in [-0.2, -0.15) is 5.26 Å². The van der Waals surface area contributed by atoms with Crippen LogP contribution in [0.3, 0.4) is 0 Å². The highest BCUT2D eigenvalue weighted by Crippen LogP contribution is 2.66. The number of aliphatic carboxylic acids is 1. The first kappa shape index (κ1) is 18.5. The van der Waals surface area contributed by atoms with Gasteiger partial charge in [0, 0.05) is 5.57 Å². The molecule has 0 amide bonds. The van der Waals surface area contributed by atoms with Crippen LogP contribution in [0, 0.1) is 34.0 Å². The molecule has 4 nitrogen and oxygen atoms in total. The predicted octanol–water partition coefficient (Wildman–Crippen LogP) is 4.70. The van der Waals surface area contributed by atoms with Gasteiger partial charge in [-0.3, -0.25) is 0 Å². The number of fused-ring (bicyclic) bond motifs is 1. The van der Waals surface area contributed by atoms with E-state index < -0.39 is 5.97 Å². The summed E-state index contributed by atoms with van der Waals surface area (Å²) in [6.45, 7) is 9.94. The first-order valence-electron chi connectivity index (χ1n) is 9.59. The third-order valence-electron chi connectivity index (χ3n) is 7.62. The number of epoxide rings is 1. The van der Waals surface area contributed by atoms with Crippen molar-refractivity contribution in [2.45, 2.75) is 78.2 Å². The lowest BCUT2D eigenvalue weighted by Gasteiger charge is -2.59. The van der Waals surface area contributed by atoms with Gasteiger partial charge >= 0.3 is 5.97 Å². The second-order valence-corrected chi connectivity index (χ2v) is 9.45. The fourth-order valence-corrected chi connectivity index (χ4v) is 6.24. The standard InChI is InChI=1S/C21H31NO3/c1-14(15(7-11-22)18(23)24)12-17-20(4)9-5-8-19(2,3)16(20)6-10-21(17)13-25-21/h16-17H,5-10,12-13H2,1-4H3,(H,23,24)/t16?,17-,20+,21+/m1/s1. The van der Waals surface area contributed by atoms with Crippen molar-refractivity contribution in [2.75, 3.05) is 6.61 Å². The molecular weight excluding hydrogens is 314 g/mol. The zero-order valence-electron chi connectivity index (χ0n) is 16.0. The summed E-state index contributed by atoms with van der Waals surface area (Å²) in [5.74, 6) is 0.0586. The van der Waals surface area contributed by atoms with E-state index in [1.807, 2.05) is 13.0 Å². The molecule has 1 N–H and O–H groups in total. The molecule has 2 saturated carbocycles. The van der Waals surface area contributed by atoms with Crippen molar-refractivity contribution in [1.29, 1.82) is 5.26 Å². The van der Waals surface area contributed by atoms with Crippen LogP contribution in [0.4, 0.5) is 0 Å². The van der Waals surface area contributed by atoms with Crippen LogP contribution in [-0.2, 0) is 9.53 Å². The fourth-order valence-electron chi connectivity index (χ4n) is 6.24. The number of allylic oxidation sites excluding steroid dienone is 1. The lowest BCUT2D eigenvalue weighted by atomic mass is 9.45. The predicted molar refractivity (Wildman–Crippen MR) is 95.8 cm³/mol. The molecule has 3 aliphatic rings. The maximum atomic E-state index is 11.6. The average molecular weight is 345 g/mol. The van der Waals surface area contributed by atoms with Crippen molar-refractivity contribution >= 4 is 5.97 Å². The second-order valence-electron chi connectivity index (χ2n) is 9.45. The van der Waals surface area contributed by atoms with Crippen molar-refractivity contribution in [3.63, 3.8) is 0 Å². The summed E-state index contributed by atoms with van der Waals surface area (Å²) >= 11 is 0. The van der Waals surface area contributed by atoms with E-state index in [4.69, 9.17) is 10.00 Å². The molecule has 25 heavy (non-hydrogen) atoms. The van der Waals surface area contributed by atoms with Gasteiger partial charge in [-0.15, -0.1) is 0 Å². The van der Waals surface area contributed by atoms with Gasteiger partial charge in [-0.1, -0.05) is 32.8 Å². The van der Waals surface area contributed by atoms with Crippen molar-refractivity contribution in [3.05, 3.63) is 11.1 Å². The van der Waals surface area contributed by atoms with Crippen molar-refractivity contribution in [2.24, 2.45) is 22.7 Å². The normalized spacial score (nSPS) is 40.0. The molecular formula is C21H31NO3. The molecule has 1 saturated heterocycles. The molecule has 0 aromatic carbocycles.